The second-order valence-corrected chi connectivity index (χ2v) is 6.26. The number of rotatable bonds is 5. The molecule has 6 heteroatoms. The Morgan fingerprint density at radius 2 is 1.92 bits per heavy atom. The Labute approximate surface area is 153 Å². The van der Waals surface area contributed by atoms with Crippen molar-refractivity contribution >= 4 is 23.3 Å². The zero-order valence-corrected chi connectivity index (χ0v) is 14.9. The molecule has 1 fully saturated rings. The van der Waals surface area contributed by atoms with Crippen LogP contribution in [0.15, 0.2) is 48.8 Å². The van der Waals surface area contributed by atoms with Crippen LogP contribution in [-0.2, 0) is 9.53 Å². The summed E-state index contributed by atoms with van der Waals surface area (Å²) in [6.07, 6.45) is 5.16. The molecule has 0 saturated carbocycles. The predicted molar refractivity (Wildman–Crippen MR) is 100 cm³/mol. The lowest BCUT2D eigenvalue weighted by Gasteiger charge is -2.32. The minimum atomic E-state index is -0.380. The summed E-state index contributed by atoms with van der Waals surface area (Å²) in [7, 11) is 0. The summed E-state index contributed by atoms with van der Waals surface area (Å²) in [6, 6.07) is 10.8. The lowest BCUT2D eigenvalue weighted by Crippen LogP contribution is -2.38. The first kappa shape index (κ1) is 17.9. The van der Waals surface area contributed by atoms with E-state index in [4.69, 9.17) is 4.74 Å². The van der Waals surface area contributed by atoms with Crippen molar-refractivity contribution in [3.8, 4) is 0 Å². The Morgan fingerprint density at radius 1 is 1.19 bits per heavy atom. The van der Waals surface area contributed by atoms with Gasteiger partial charge in [0.15, 0.2) is 0 Å². The molecule has 0 atom stereocenters. The third-order valence-electron chi connectivity index (χ3n) is 4.53. The van der Waals surface area contributed by atoms with Crippen LogP contribution in [0.2, 0.25) is 0 Å². The molecule has 1 aromatic heterocycles. The van der Waals surface area contributed by atoms with Crippen LogP contribution in [0.5, 0.6) is 0 Å². The van der Waals surface area contributed by atoms with Crippen LogP contribution in [0.25, 0.3) is 0 Å². The van der Waals surface area contributed by atoms with E-state index in [-0.39, 0.29) is 17.8 Å². The van der Waals surface area contributed by atoms with Gasteiger partial charge >= 0.3 is 5.97 Å². The van der Waals surface area contributed by atoms with Gasteiger partial charge in [0.05, 0.1) is 12.2 Å². The van der Waals surface area contributed by atoms with Crippen LogP contribution in [0.1, 0.15) is 30.1 Å². The first-order valence-electron chi connectivity index (χ1n) is 8.90. The SMILES string of the molecule is CCOC(=O)c1cccc(NC(=O)C2CCN(c3ccncc3)CC2)c1. The van der Waals surface area contributed by atoms with Crippen LogP contribution in [0, 0.1) is 5.92 Å². The first-order chi connectivity index (χ1) is 12.7. The number of esters is 1. The number of anilines is 2. The van der Waals surface area contributed by atoms with Crippen LogP contribution >= 0.6 is 0 Å². The largest absolute Gasteiger partial charge is 0.462 e. The summed E-state index contributed by atoms with van der Waals surface area (Å²) in [6.45, 7) is 3.77. The lowest BCUT2D eigenvalue weighted by atomic mass is 9.95. The number of hydrogen-bond donors (Lipinski definition) is 1. The molecule has 1 saturated heterocycles. The summed E-state index contributed by atoms with van der Waals surface area (Å²) in [5.74, 6) is -0.408. The molecule has 3 rings (SSSR count). The van der Waals surface area contributed by atoms with Gasteiger partial charge in [-0.15, -0.1) is 0 Å². The van der Waals surface area contributed by atoms with E-state index in [2.05, 4.69) is 15.2 Å². The number of carbonyl (C=O) groups excluding carboxylic acids is 2. The van der Waals surface area contributed by atoms with Gasteiger partial charge in [0.25, 0.3) is 0 Å². The number of carbonyl (C=O) groups is 2. The first-order valence-corrected chi connectivity index (χ1v) is 8.90. The number of hydrogen-bond acceptors (Lipinski definition) is 5. The summed E-state index contributed by atoms with van der Waals surface area (Å²) in [5, 5.41) is 2.93. The molecule has 1 aromatic carbocycles. The predicted octanol–water partition coefficient (Wildman–Crippen LogP) is 3.11. The molecule has 0 bridgehead atoms. The number of aromatic nitrogens is 1. The summed E-state index contributed by atoms with van der Waals surface area (Å²) < 4.78 is 5.00. The molecular formula is C20H23N3O3. The van der Waals surface area contributed by atoms with Gasteiger partial charge < -0.3 is 15.0 Å². The maximum Gasteiger partial charge on any atom is 0.338 e. The average Bonchev–Trinajstić information content (AvgIpc) is 2.69. The molecule has 0 aliphatic carbocycles. The number of benzene rings is 1. The number of pyridine rings is 1. The third kappa shape index (κ3) is 4.39. The molecule has 1 aliphatic rings. The fourth-order valence-electron chi connectivity index (χ4n) is 3.14. The van der Waals surface area contributed by atoms with Crippen molar-refractivity contribution in [3.05, 3.63) is 54.4 Å². The Bertz CT molecular complexity index is 756. The van der Waals surface area contributed by atoms with Crippen molar-refractivity contribution < 1.29 is 14.3 Å². The summed E-state index contributed by atoms with van der Waals surface area (Å²) in [5.41, 5.74) is 2.20. The van der Waals surface area contributed by atoms with E-state index in [0.29, 0.717) is 17.9 Å². The van der Waals surface area contributed by atoms with Crippen molar-refractivity contribution in [2.24, 2.45) is 5.92 Å². The zero-order chi connectivity index (χ0) is 18.4. The highest BCUT2D eigenvalue weighted by molar-refractivity contribution is 5.95. The van der Waals surface area contributed by atoms with Crippen LogP contribution < -0.4 is 10.2 Å². The highest BCUT2D eigenvalue weighted by Crippen LogP contribution is 2.24. The zero-order valence-electron chi connectivity index (χ0n) is 14.9. The second-order valence-electron chi connectivity index (χ2n) is 6.26. The van der Waals surface area contributed by atoms with Crippen molar-refractivity contribution in [1.82, 2.24) is 4.98 Å². The monoisotopic (exact) mass is 353 g/mol. The van der Waals surface area contributed by atoms with E-state index >= 15 is 0 Å². The van der Waals surface area contributed by atoms with Gasteiger partial charge in [-0.2, -0.15) is 0 Å². The van der Waals surface area contributed by atoms with E-state index in [1.165, 1.54) is 0 Å². The standard InChI is InChI=1S/C20H23N3O3/c1-2-26-20(25)16-4-3-5-17(14-16)22-19(24)15-8-12-23(13-9-15)18-6-10-21-11-7-18/h3-7,10-11,14-15H,2,8-9,12-13H2,1H3,(H,22,24). The summed E-state index contributed by atoms with van der Waals surface area (Å²) in [4.78, 5) is 30.7. The summed E-state index contributed by atoms with van der Waals surface area (Å²) >= 11 is 0. The number of nitrogens with one attached hydrogen (secondary N) is 1. The van der Waals surface area contributed by atoms with Crippen LogP contribution in [0.3, 0.4) is 0 Å². The fourth-order valence-corrected chi connectivity index (χ4v) is 3.14. The normalized spacial score (nSPS) is 14.7. The van der Waals surface area contributed by atoms with Crippen molar-refractivity contribution in [1.29, 1.82) is 0 Å². The van der Waals surface area contributed by atoms with Gasteiger partial charge in [-0.05, 0) is 50.1 Å². The van der Waals surface area contributed by atoms with Gasteiger partial charge in [-0.25, -0.2) is 4.79 Å². The average molecular weight is 353 g/mol. The van der Waals surface area contributed by atoms with E-state index in [1.54, 1.807) is 43.6 Å². The van der Waals surface area contributed by atoms with Crippen molar-refractivity contribution in [3.63, 3.8) is 0 Å². The Balaban J connectivity index is 1.56. The molecule has 2 heterocycles. The van der Waals surface area contributed by atoms with Gasteiger partial charge in [0, 0.05) is 42.8 Å². The number of ether oxygens (including phenoxy) is 1. The molecule has 136 valence electrons. The third-order valence-corrected chi connectivity index (χ3v) is 4.53. The molecule has 0 radical (unpaired) electrons. The quantitative estimate of drug-likeness (QED) is 0.836. The molecular weight excluding hydrogens is 330 g/mol. The minimum Gasteiger partial charge on any atom is -0.462 e. The van der Waals surface area contributed by atoms with E-state index in [1.807, 2.05) is 12.1 Å². The van der Waals surface area contributed by atoms with Gasteiger partial charge in [-0.1, -0.05) is 6.07 Å². The number of nitrogens with zero attached hydrogens (tertiary/aromatic N) is 2. The number of piperidine rings is 1. The molecule has 1 N–H and O–H groups in total. The second kappa shape index (κ2) is 8.47. The molecule has 0 spiro atoms. The Morgan fingerprint density at radius 3 is 2.62 bits per heavy atom. The Kier molecular flexibility index (Phi) is 5.84. The van der Waals surface area contributed by atoms with Gasteiger partial charge in [0.1, 0.15) is 0 Å². The van der Waals surface area contributed by atoms with Gasteiger partial charge in [0.2, 0.25) is 5.91 Å². The smallest absolute Gasteiger partial charge is 0.338 e. The topological polar surface area (TPSA) is 71.5 Å². The maximum atomic E-state index is 12.6. The van der Waals surface area contributed by atoms with Crippen LogP contribution in [0.4, 0.5) is 11.4 Å². The van der Waals surface area contributed by atoms with E-state index in [9.17, 15) is 9.59 Å². The van der Waals surface area contributed by atoms with E-state index in [0.717, 1.165) is 31.6 Å². The highest BCUT2D eigenvalue weighted by Gasteiger charge is 2.25. The molecule has 2 aromatic rings. The number of amides is 1. The minimum absolute atomic E-state index is 0.000359. The molecule has 1 amide bonds. The lowest BCUT2D eigenvalue weighted by molar-refractivity contribution is -0.120. The molecule has 26 heavy (non-hydrogen) atoms. The van der Waals surface area contributed by atoms with Crippen LogP contribution in [-0.4, -0.2) is 36.6 Å². The highest BCUT2D eigenvalue weighted by atomic mass is 16.5. The molecule has 1 aliphatic heterocycles. The Hall–Kier alpha value is -2.89. The van der Waals surface area contributed by atoms with Crippen molar-refractivity contribution in [2.45, 2.75) is 19.8 Å². The van der Waals surface area contributed by atoms with E-state index < -0.39 is 0 Å². The molecule has 6 nitrogen and oxygen atoms in total. The fraction of sp³-hybridized carbons (Fsp3) is 0.350. The molecule has 0 unspecified atom stereocenters. The van der Waals surface area contributed by atoms with Gasteiger partial charge in [-0.3, -0.25) is 9.78 Å². The maximum absolute atomic E-state index is 12.6. The van der Waals surface area contributed by atoms with Crippen molar-refractivity contribution in [2.75, 3.05) is 29.9 Å².